The van der Waals surface area contributed by atoms with Crippen molar-refractivity contribution in [3.8, 4) is 0 Å². The van der Waals surface area contributed by atoms with Crippen molar-refractivity contribution in [2.75, 3.05) is 25.6 Å². The van der Waals surface area contributed by atoms with Gasteiger partial charge in [-0.2, -0.15) is 0 Å². The number of carbonyl (C=O) groups excluding carboxylic acids is 1. The van der Waals surface area contributed by atoms with Crippen LogP contribution >= 0.6 is 35.0 Å². The van der Waals surface area contributed by atoms with Crippen molar-refractivity contribution in [1.82, 2.24) is 4.90 Å². The van der Waals surface area contributed by atoms with E-state index in [1.807, 2.05) is 30.3 Å². The number of nitrogen functional groups attached to an aromatic ring is 1. The minimum Gasteiger partial charge on any atom is -0.398 e. The van der Waals surface area contributed by atoms with Crippen LogP contribution in [0.2, 0.25) is 10.0 Å². The smallest absolute Gasteiger partial charge is 0.232 e. The number of halogens is 2. The molecule has 122 valence electrons. The first kappa shape index (κ1) is 18.0. The predicted molar refractivity (Wildman–Crippen MR) is 100 cm³/mol. The second-order valence-electron chi connectivity index (χ2n) is 5.27. The predicted octanol–water partition coefficient (Wildman–Crippen LogP) is 4.49. The summed E-state index contributed by atoms with van der Waals surface area (Å²) in [6, 6.07) is 12.9. The minimum atomic E-state index is -0.161. The van der Waals surface area contributed by atoms with Crippen LogP contribution in [-0.2, 0) is 4.79 Å². The standard InChI is InChI=1S/C17H18Cl2N2OS/c1-21(2)16(22)10-23-17(12-5-3-4-6-14(12)19)13-9-11(18)7-8-15(13)20/h3-9,17H,10,20H2,1-2H3. The number of carbonyl (C=O) groups is 1. The third-order valence-corrected chi connectivity index (χ3v) is 5.23. The van der Waals surface area contributed by atoms with Gasteiger partial charge in [-0.3, -0.25) is 4.79 Å². The Morgan fingerprint density at radius 1 is 1.17 bits per heavy atom. The number of thioether (sulfide) groups is 1. The average Bonchev–Trinajstić information content (AvgIpc) is 2.51. The molecular weight excluding hydrogens is 351 g/mol. The molecule has 0 saturated carbocycles. The Morgan fingerprint density at radius 3 is 2.52 bits per heavy atom. The number of amides is 1. The molecule has 0 aromatic heterocycles. The summed E-state index contributed by atoms with van der Waals surface area (Å²) < 4.78 is 0. The van der Waals surface area contributed by atoms with Crippen molar-refractivity contribution >= 4 is 46.6 Å². The Bertz CT molecular complexity index is 707. The Labute approximate surface area is 150 Å². The summed E-state index contributed by atoms with van der Waals surface area (Å²) >= 11 is 14.0. The van der Waals surface area contributed by atoms with Gasteiger partial charge in [0, 0.05) is 29.8 Å². The summed E-state index contributed by atoms with van der Waals surface area (Å²) in [6.07, 6.45) is 0. The average molecular weight is 369 g/mol. The summed E-state index contributed by atoms with van der Waals surface area (Å²) in [7, 11) is 3.47. The second kappa shape index (κ2) is 7.95. The zero-order chi connectivity index (χ0) is 17.0. The van der Waals surface area contributed by atoms with E-state index in [-0.39, 0.29) is 11.2 Å². The lowest BCUT2D eigenvalue weighted by atomic mass is 10.0. The molecule has 1 unspecified atom stereocenters. The molecule has 2 rings (SSSR count). The molecule has 0 fully saturated rings. The van der Waals surface area contributed by atoms with E-state index in [1.165, 1.54) is 11.8 Å². The second-order valence-corrected chi connectivity index (χ2v) is 7.21. The number of rotatable bonds is 5. The third-order valence-electron chi connectivity index (χ3n) is 3.39. The fourth-order valence-electron chi connectivity index (χ4n) is 2.09. The largest absolute Gasteiger partial charge is 0.398 e. The number of hydrogen-bond acceptors (Lipinski definition) is 3. The zero-order valence-electron chi connectivity index (χ0n) is 12.9. The summed E-state index contributed by atoms with van der Waals surface area (Å²) in [4.78, 5) is 13.5. The van der Waals surface area contributed by atoms with Gasteiger partial charge < -0.3 is 10.6 Å². The molecule has 0 spiro atoms. The highest BCUT2D eigenvalue weighted by Crippen LogP contribution is 2.42. The van der Waals surface area contributed by atoms with Gasteiger partial charge in [0.2, 0.25) is 5.91 Å². The van der Waals surface area contributed by atoms with Crippen molar-refractivity contribution in [3.63, 3.8) is 0 Å². The number of hydrogen-bond donors (Lipinski definition) is 1. The van der Waals surface area contributed by atoms with Crippen LogP contribution < -0.4 is 5.73 Å². The Kier molecular flexibility index (Phi) is 6.22. The lowest BCUT2D eigenvalue weighted by Gasteiger charge is -2.21. The maximum Gasteiger partial charge on any atom is 0.232 e. The van der Waals surface area contributed by atoms with E-state index in [2.05, 4.69) is 0 Å². The molecule has 1 atom stereocenters. The third kappa shape index (κ3) is 4.56. The van der Waals surface area contributed by atoms with E-state index in [4.69, 9.17) is 28.9 Å². The van der Waals surface area contributed by atoms with Crippen LogP contribution in [0.1, 0.15) is 16.4 Å². The Morgan fingerprint density at radius 2 is 1.87 bits per heavy atom. The van der Waals surface area contributed by atoms with Crippen molar-refractivity contribution in [2.45, 2.75) is 5.25 Å². The van der Waals surface area contributed by atoms with Crippen molar-refractivity contribution in [1.29, 1.82) is 0 Å². The lowest BCUT2D eigenvalue weighted by Crippen LogP contribution is -2.24. The normalized spacial score (nSPS) is 12.0. The highest BCUT2D eigenvalue weighted by molar-refractivity contribution is 8.00. The molecule has 0 radical (unpaired) electrons. The topological polar surface area (TPSA) is 46.3 Å². The summed E-state index contributed by atoms with van der Waals surface area (Å²) in [6.45, 7) is 0. The summed E-state index contributed by atoms with van der Waals surface area (Å²) in [5, 5.41) is 1.08. The van der Waals surface area contributed by atoms with Crippen LogP contribution in [0.25, 0.3) is 0 Å². The van der Waals surface area contributed by atoms with Crippen LogP contribution in [0.15, 0.2) is 42.5 Å². The molecule has 23 heavy (non-hydrogen) atoms. The lowest BCUT2D eigenvalue weighted by molar-refractivity contribution is -0.125. The van der Waals surface area contributed by atoms with Gasteiger partial charge in [-0.05, 0) is 35.4 Å². The quantitative estimate of drug-likeness (QED) is 0.790. The van der Waals surface area contributed by atoms with Gasteiger partial charge in [0.1, 0.15) is 0 Å². The first-order valence-electron chi connectivity index (χ1n) is 7.01. The Hall–Kier alpha value is -1.36. The van der Waals surface area contributed by atoms with Crippen molar-refractivity contribution in [2.24, 2.45) is 0 Å². The summed E-state index contributed by atoms with van der Waals surface area (Å²) in [5.41, 5.74) is 8.54. The highest BCUT2D eigenvalue weighted by atomic mass is 35.5. The number of nitrogens with two attached hydrogens (primary N) is 1. The van der Waals surface area contributed by atoms with Crippen LogP contribution in [-0.4, -0.2) is 30.7 Å². The first-order chi connectivity index (χ1) is 10.9. The molecule has 0 aliphatic carbocycles. The van der Waals surface area contributed by atoms with Crippen LogP contribution in [0.4, 0.5) is 5.69 Å². The van der Waals surface area contributed by atoms with Crippen molar-refractivity contribution in [3.05, 3.63) is 63.6 Å². The highest BCUT2D eigenvalue weighted by Gasteiger charge is 2.21. The van der Waals surface area contributed by atoms with Gasteiger partial charge in [0.25, 0.3) is 0 Å². The number of benzene rings is 2. The van der Waals surface area contributed by atoms with Gasteiger partial charge in [0.05, 0.1) is 11.0 Å². The molecule has 0 bridgehead atoms. The molecule has 0 aliphatic heterocycles. The van der Waals surface area contributed by atoms with E-state index >= 15 is 0 Å². The van der Waals surface area contributed by atoms with Gasteiger partial charge >= 0.3 is 0 Å². The first-order valence-corrected chi connectivity index (χ1v) is 8.81. The maximum atomic E-state index is 12.0. The summed E-state index contributed by atoms with van der Waals surface area (Å²) in [5.74, 6) is 0.363. The number of nitrogens with zero attached hydrogens (tertiary/aromatic N) is 1. The van der Waals surface area contributed by atoms with E-state index in [1.54, 1.807) is 31.1 Å². The van der Waals surface area contributed by atoms with E-state index in [0.717, 1.165) is 11.1 Å². The number of anilines is 1. The van der Waals surface area contributed by atoms with E-state index in [9.17, 15) is 4.79 Å². The maximum absolute atomic E-state index is 12.0. The van der Waals surface area contributed by atoms with E-state index < -0.39 is 0 Å². The molecule has 1 amide bonds. The molecule has 2 N–H and O–H groups in total. The van der Waals surface area contributed by atoms with Gasteiger partial charge in [-0.1, -0.05) is 41.4 Å². The van der Waals surface area contributed by atoms with E-state index in [0.29, 0.717) is 21.5 Å². The van der Waals surface area contributed by atoms with Gasteiger partial charge in [-0.25, -0.2) is 0 Å². The monoisotopic (exact) mass is 368 g/mol. The van der Waals surface area contributed by atoms with Gasteiger partial charge in [0.15, 0.2) is 0 Å². The Balaban J connectivity index is 2.41. The van der Waals surface area contributed by atoms with Gasteiger partial charge in [-0.15, -0.1) is 11.8 Å². The van der Waals surface area contributed by atoms with Crippen molar-refractivity contribution < 1.29 is 4.79 Å². The molecule has 3 nitrogen and oxygen atoms in total. The fourth-order valence-corrected chi connectivity index (χ4v) is 3.92. The van der Waals surface area contributed by atoms with Crippen LogP contribution in [0.5, 0.6) is 0 Å². The molecule has 6 heteroatoms. The molecule has 2 aromatic carbocycles. The van der Waals surface area contributed by atoms with Crippen LogP contribution in [0, 0.1) is 0 Å². The molecule has 0 saturated heterocycles. The zero-order valence-corrected chi connectivity index (χ0v) is 15.3. The van der Waals surface area contributed by atoms with Crippen LogP contribution in [0.3, 0.4) is 0 Å². The molecular formula is C17H18Cl2N2OS. The minimum absolute atomic E-state index is 0.0349. The molecule has 2 aromatic rings. The fraction of sp³-hybridized carbons (Fsp3) is 0.235. The SMILES string of the molecule is CN(C)C(=O)CSC(c1cc(Cl)ccc1N)c1ccccc1Cl. The molecule has 0 aliphatic rings. The molecule has 0 heterocycles.